The van der Waals surface area contributed by atoms with Crippen molar-refractivity contribution in [2.75, 3.05) is 0 Å². The molecule has 1 unspecified atom stereocenters. The van der Waals surface area contributed by atoms with Crippen molar-refractivity contribution in [3.05, 3.63) is 297 Å². The zero-order valence-electron chi connectivity index (χ0n) is 33.9. The molecule has 0 fully saturated rings. The van der Waals surface area contributed by atoms with E-state index in [-0.39, 0.29) is 6.04 Å². The van der Waals surface area contributed by atoms with Gasteiger partial charge in [0.1, 0.15) is 0 Å². The predicted octanol–water partition coefficient (Wildman–Crippen LogP) is 10.7. The molecule has 6 aromatic carbocycles. The molecule has 1 N–H and O–H groups in total. The van der Waals surface area contributed by atoms with Gasteiger partial charge in [-0.05, 0) is 64.7 Å². The molecule has 6 heterocycles. The number of hydrogen-bond donors (Lipinski definition) is 1. The Balaban J connectivity index is 1.35. The van der Waals surface area contributed by atoms with E-state index in [4.69, 9.17) is 4.99 Å². The van der Waals surface area contributed by atoms with E-state index < -0.39 is 0 Å². The molecule has 0 aliphatic carbocycles. The third kappa shape index (κ3) is 5.80. The van der Waals surface area contributed by atoms with Gasteiger partial charge < -0.3 is 14.5 Å². The maximum atomic E-state index is 5.62. The fourth-order valence-corrected chi connectivity index (χ4v) is 9.72. The Hall–Kier alpha value is -8.21. The van der Waals surface area contributed by atoms with Crippen LogP contribution in [-0.4, -0.2) is 20.9 Å². The highest BCUT2D eigenvalue weighted by molar-refractivity contribution is 6.32. The van der Waals surface area contributed by atoms with Crippen LogP contribution < -0.4 is 16.0 Å². The van der Waals surface area contributed by atoms with E-state index in [1.807, 2.05) is 0 Å². The zero-order valence-corrected chi connectivity index (χ0v) is 33.9. The van der Waals surface area contributed by atoms with Gasteiger partial charge in [-0.1, -0.05) is 188 Å². The van der Waals surface area contributed by atoms with Crippen LogP contribution in [0.3, 0.4) is 0 Å². The molecule has 0 spiro atoms. The van der Waals surface area contributed by atoms with Crippen LogP contribution in [0.2, 0.25) is 0 Å². The number of benzene rings is 6. The number of hydrogen-bond acceptors (Lipinski definition) is 2. The fourth-order valence-electron chi connectivity index (χ4n) is 9.72. The summed E-state index contributed by atoms with van der Waals surface area (Å²) in [5, 5.41) is 6.29. The Kier molecular flexibility index (Phi) is 8.53. The minimum atomic E-state index is -0.161. The van der Waals surface area contributed by atoms with Crippen molar-refractivity contribution in [3.8, 4) is 0 Å². The van der Waals surface area contributed by atoms with Gasteiger partial charge in [0.25, 0.3) is 0 Å². The smallest absolute Gasteiger partial charge is 0.0782 e. The third-order valence-corrected chi connectivity index (χ3v) is 12.3. The molecule has 4 aliphatic rings. The molecular formula is C58H40N4. The number of fused-ring (bicyclic) bond motifs is 3. The van der Waals surface area contributed by atoms with Crippen LogP contribution in [0.4, 0.5) is 0 Å². The van der Waals surface area contributed by atoms with Gasteiger partial charge >= 0.3 is 0 Å². The molecule has 4 heteroatoms. The van der Waals surface area contributed by atoms with Gasteiger partial charge in [0.05, 0.1) is 50.9 Å². The highest BCUT2D eigenvalue weighted by Crippen LogP contribution is 2.42. The number of allylic oxidation sites excluding steroid dienone is 4. The molecule has 4 aliphatic heterocycles. The first-order valence-electron chi connectivity index (χ1n) is 21.3. The Morgan fingerprint density at radius 1 is 0.371 bits per heavy atom. The Morgan fingerprint density at radius 2 is 0.823 bits per heavy atom. The first-order valence-corrected chi connectivity index (χ1v) is 21.3. The first-order chi connectivity index (χ1) is 30.8. The van der Waals surface area contributed by atoms with E-state index in [0.717, 1.165) is 101 Å². The Morgan fingerprint density at radius 3 is 1.39 bits per heavy atom. The van der Waals surface area contributed by atoms with Crippen LogP contribution in [-0.2, 0) is 0 Å². The second-order valence-electron chi connectivity index (χ2n) is 15.9. The highest BCUT2D eigenvalue weighted by Gasteiger charge is 2.33. The molecule has 6 bridgehead atoms. The summed E-state index contributed by atoms with van der Waals surface area (Å²) in [7, 11) is 0. The quantitative estimate of drug-likeness (QED) is 0.179. The van der Waals surface area contributed by atoms with Gasteiger partial charge in [0.15, 0.2) is 0 Å². The van der Waals surface area contributed by atoms with Gasteiger partial charge in [0.2, 0.25) is 0 Å². The summed E-state index contributed by atoms with van der Waals surface area (Å²) in [4.78, 5) is 5.62. The van der Waals surface area contributed by atoms with E-state index in [2.05, 4.69) is 245 Å². The first kappa shape index (κ1) is 35.7. The Labute approximate surface area is 360 Å². The summed E-state index contributed by atoms with van der Waals surface area (Å²) in [6.45, 7) is 0. The second kappa shape index (κ2) is 14.8. The largest absolute Gasteiger partial charge is 0.374 e. The van der Waals surface area contributed by atoms with Crippen LogP contribution in [0.25, 0.3) is 33.7 Å². The maximum Gasteiger partial charge on any atom is 0.0782 e. The van der Waals surface area contributed by atoms with Gasteiger partial charge in [-0.2, -0.15) is 0 Å². The van der Waals surface area contributed by atoms with Crippen molar-refractivity contribution >= 4 is 39.4 Å². The van der Waals surface area contributed by atoms with E-state index in [1.54, 1.807) is 0 Å². The number of rotatable bonds is 6. The number of nitrogens with zero attached hydrogens (tertiary/aromatic N) is 3. The molecule has 292 valence electrons. The molecular weight excluding hydrogens is 753 g/mol. The van der Waals surface area contributed by atoms with Crippen molar-refractivity contribution in [2.45, 2.75) is 6.04 Å². The molecule has 2 aromatic heterocycles. The fraction of sp³-hybridized carbons (Fsp3) is 0.0172. The van der Waals surface area contributed by atoms with E-state index in [9.17, 15) is 0 Å². The molecule has 12 rings (SSSR count). The molecule has 8 aromatic rings. The summed E-state index contributed by atoms with van der Waals surface area (Å²) in [6.07, 6.45) is 8.97. The van der Waals surface area contributed by atoms with Crippen LogP contribution in [0.1, 0.15) is 44.8 Å². The van der Waals surface area contributed by atoms with Gasteiger partial charge in [-0.15, -0.1) is 0 Å². The predicted molar refractivity (Wildman–Crippen MR) is 254 cm³/mol. The number of aliphatic imine (C=N–C) groups is 1. The molecule has 0 saturated carbocycles. The average molecular weight is 793 g/mol. The van der Waals surface area contributed by atoms with E-state index in [0.29, 0.717) is 0 Å². The summed E-state index contributed by atoms with van der Waals surface area (Å²) in [6, 6.07) is 74.2. The lowest BCUT2D eigenvalue weighted by molar-refractivity contribution is 0.850. The molecule has 62 heavy (non-hydrogen) atoms. The summed E-state index contributed by atoms with van der Waals surface area (Å²) >= 11 is 0. The van der Waals surface area contributed by atoms with Crippen molar-refractivity contribution in [2.24, 2.45) is 4.99 Å². The normalized spacial score (nSPS) is 18.4. The van der Waals surface area contributed by atoms with Crippen LogP contribution in [0, 0.1) is 0 Å². The lowest BCUT2D eigenvalue weighted by Crippen LogP contribution is -2.35. The van der Waals surface area contributed by atoms with E-state index in [1.165, 1.54) is 5.57 Å². The number of aromatic nitrogens is 2. The molecule has 1 atom stereocenters. The molecule has 0 saturated heterocycles. The van der Waals surface area contributed by atoms with Crippen LogP contribution >= 0.6 is 0 Å². The Bertz CT molecular complexity index is 3360. The lowest BCUT2D eigenvalue weighted by Gasteiger charge is -2.24. The van der Waals surface area contributed by atoms with E-state index >= 15 is 0 Å². The monoisotopic (exact) mass is 792 g/mol. The van der Waals surface area contributed by atoms with Crippen molar-refractivity contribution in [1.29, 1.82) is 0 Å². The van der Waals surface area contributed by atoms with Crippen LogP contribution in [0.15, 0.2) is 247 Å². The van der Waals surface area contributed by atoms with Gasteiger partial charge in [-0.3, -0.25) is 0 Å². The van der Waals surface area contributed by atoms with Crippen LogP contribution in [0.5, 0.6) is 0 Å². The third-order valence-electron chi connectivity index (χ3n) is 12.3. The standard InChI is InChI=1S/C58H40N4/c1-7-19-39(20-8-1)53-45-31-33-47(59-45)54(40-21-9-2-10-22-40)49-35-37-51-56(42-25-13-4-14-26-42)52-38-36-50(55(41-23-11-3-12-24-41)48-34-32-46(53)60-48)62(52)58(44-29-17-6-18-30-44)57(61(49)51)43-27-15-5-16-28-43/h1-38,47,59H/b53-45-,54-49-,55-48?. The van der Waals surface area contributed by atoms with Crippen molar-refractivity contribution < 1.29 is 0 Å². The zero-order chi connectivity index (χ0) is 41.0. The summed E-state index contributed by atoms with van der Waals surface area (Å²) in [5.41, 5.74) is 18.3. The highest BCUT2D eigenvalue weighted by atomic mass is 15.1. The number of nitrogens with one attached hydrogen (secondary N) is 1. The lowest BCUT2D eigenvalue weighted by atomic mass is 9.97. The van der Waals surface area contributed by atoms with Crippen molar-refractivity contribution in [3.63, 3.8) is 0 Å². The SMILES string of the molecule is C1=CC2=C(c3ccccc3)c3ccc4n3C(c3ccccc3)=C(c3ccccc3)n3c(cc/c3=C(\c3ccccc3)C3C=C/C(=C(\c5ccccc5)C1=N2)N3)=C4c1ccccc1. The minimum absolute atomic E-state index is 0.161. The van der Waals surface area contributed by atoms with Gasteiger partial charge in [-0.25, -0.2) is 4.99 Å². The van der Waals surface area contributed by atoms with Crippen molar-refractivity contribution in [1.82, 2.24) is 14.5 Å². The maximum absolute atomic E-state index is 5.62. The topological polar surface area (TPSA) is 34.2 Å². The average Bonchev–Trinajstić information content (AvgIpc) is 4.17. The second-order valence-corrected chi connectivity index (χ2v) is 15.9. The molecule has 0 radical (unpaired) electrons. The molecule has 4 nitrogen and oxygen atoms in total. The summed E-state index contributed by atoms with van der Waals surface area (Å²) in [5.74, 6) is 0. The molecule has 0 amide bonds. The summed E-state index contributed by atoms with van der Waals surface area (Å²) < 4.78 is 5.07. The minimum Gasteiger partial charge on any atom is -0.374 e. The van der Waals surface area contributed by atoms with Gasteiger partial charge in [0, 0.05) is 39.1 Å².